The van der Waals surface area contributed by atoms with Gasteiger partial charge in [0.15, 0.2) is 0 Å². The van der Waals surface area contributed by atoms with Gasteiger partial charge in [-0.1, -0.05) is 51.3 Å². The van der Waals surface area contributed by atoms with Crippen LogP contribution in [0.4, 0.5) is 5.69 Å². The molecule has 0 radical (unpaired) electrons. The number of benzene rings is 2. The van der Waals surface area contributed by atoms with Crippen LogP contribution in [0, 0.1) is 0 Å². The first-order valence-electron chi connectivity index (χ1n) is 13.1. The van der Waals surface area contributed by atoms with E-state index in [1.165, 1.54) is 10.5 Å². The topological polar surface area (TPSA) is 79.7 Å². The van der Waals surface area contributed by atoms with Gasteiger partial charge in [-0.25, -0.2) is 0 Å². The number of aliphatic hydroxyl groups is 1. The van der Waals surface area contributed by atoms with E-state index in [4.69, 9.17) is 4.74 Å². The van der Waals surface area contributed by atoms with Gasteiger partial charge in [0.2, 0.25) is 0 Å². The summed E-state index contributed by atoms with van der Waals surface area (Å²) in [4.78, 5) is 32.5. The van der Waals surface area contributed by atoms with E-state index in [1.54, 1.807) is 48.7 Å². The van der Waals surface area contributed by atoms with Gasteiger partial charge in [-0.05, 0) is 73.4 Å². The van der Waals surface area contributed by atoms with Gasteiger partial charge in [0, 0.05) is 17.4 Å². The predicted molar refractivity (Wildman–Crippen MR) is 146 cm³/mol. The second-order valence-corrected chi connectivity index (χ2v) is 9.27. The van der Waals surface area contributed by atoms with Gasteiger partial charge in [0.1, 0.15) is 17.6 Å². The lowest BCUT2D eigenvalue weighted by Gasteiger charge is -2.24. The largest absolute Gasteiger partial charge is 0.507 e. The number of nitrogens with zero attached hydrogens (tertiary/aromatic N) is 2. The number of aliphatic hydroxyl groups excluding tert-OH is 1. The van der Waals surface area contributed by atoms with Crippen molar-refractivity contribution in [1.29, 1.82) is 0 Å². The van der Waals surface area contributed by atoms with Crippen molar-refractivity contribution in [2.24, 2.45) is 0 Å². The third kappa shape index (κ3) is 5.91. The number of aromatic nitrogens is 1. The molecule has 1 aliphatic heterocycles. The summed E-state index contributed by atoms with van der Waals surface area (Å²) in [5.41, 5.74) is 2.74. The predicted octanol–water partition coefficient (Wildman–Crippen LogP) is 6.62. The molecule has 1 amide bonds. The summed E-state index contributed by atoms with van der Waals surface area (Å²) in [6.07, 6.45) is 7.96. The van der Waals surface area contributed by atoms with Gasteiger partial charge in [-0.2, -0.15) is 0 Å². The van der Waals surface area contributed by atoms with Gasteiger partial charge in [-0.3, -0.25) is 19.5 Å². The molecule has 0 aliphatic carbocycles. The monoisotopic (exact) mass is 498 g/mol. The van der Waals surface area contributed by atoms with Crippen LogP contribution in [0.5, 0.6) is 5.75 Å². The summed E-state index contributed by atoms with van der Waals surface area (Å²) >= 11 is 0. The summed E-state index contributed by atoms with van der Waals surface area (Å²) in [5.74, 6) is -0.955. The highest BCUT2D eigenvalue weighted by molar-refractivity contribution is 6.51. The van der Waals surface area contributed by atoms with E-state index < -0.39 is 17.7 Å². The second kappa shape index (κ2) is 12.3. The van der Waals surface area contributed by atoms with Crippen molar-refractivity contribution >= 4 is 23.1 Å². The molecule has 192 valence electrons. The Morgan fingerprint density at radius 2 is 1.65 bits per heavy atom. The van der Waals surface area contributed by atoms with Crippen LogP contribution in [-0.2, 0) is 16.0 Å². The highest BCUT2D eigenvalue weighted by Gasteiger charge is 2.47. The molecule has 6 nitrogen and oxygen atoms in total. The van der Waals surface area contributed by atoms with Crippen molar-refractivity contribution in [2.45, 2.75) is 58.4 Å². The standard InChI is InChI=1S/C31H34N2O4/c1-3-5-9-21-37-25-18-14-23(15-19-25)29(34)27-28(26-11-7-8-20-32-26)33(31(36)30(27)35)24-16-12-22(13-17-24)10-6-4-2/h7-8,11-20,28,34H,3-6,9-10,21H2,1-2H3/b29-27-. The van der Waals surface area contributed by atoms with E-state index >= 15 is 0 Å². The number of ether oxygens (including phenoxy) is 1. The number of hydrogen-bond donors (Lipinski definition) is 1. The number of hydrogen-bond acceptors (Lipinski definition) is 5. The van der Waals surface area contributed by atoms with Crippen molar-refractivity contribution < 1.29 is 19.4 Å². The van der Waals surface area contributed by atoms with Crippen molar-refractivity contribution in [1.82, 2.24) is 4.98 Å². The van der Waals surface area contributed by atoms with Gasteiger partial charge < -0.3 is 9.84 Å². The first-order chi connectivity index (χ1) is 18.0. The third-order valence-electron chi connectivity index (χ3n) is 6.59. The maximum absolute atomic E-state index is 13.3. The fourth-order valence-electron chi connectivity index (χ4n) is 4.53. The Morgan fingerprint density at radius 3 is 2.30 bits per heavy atom. The highest BCUT2D eigenvalue weighted by Crippen LogP contribution is 2.41. The number of pyridine rings is 1. The molecular formula is C31H34N2O4. The van der Waals surface area contributed by atoms with Crippen LogP contribution in [0.3, 0.4) is 0 Å². The molecule has 1 N–H and O–H groups in total. The molecule has 1 aliphatic rings. The number of amides is 1. The lowest BCUT2D eigenvalue weighted by molar-refractivity contribution is -0.132. The number of rotatable bonds is 11. The fraction of sp³-hybridized carbons (Fsp3) is 0.323. The Bertz CT molecular complexity index is 1230. The molecule has 1 unspecified atom stereocenters. The minimum Gasteiger partial charge on any atom is -0.507 e. The van der Waals surface area contributed by atoms with Crippen LogP contribution < -0.4 is 9.64 Å². The van der Waals surface area contributed by atoms with Crippen LogP contribution in [0.1, 0.15) is 68.8 Å². The quantitative estimate of drug-likeness (QED) is 0.139. The molecule has 0 bridgehead atoms. The van der Waals surface area contributed by atoms with Crippen LogP contribution in [-0.4, -0.2) is 28.4 Å². The SMILES string of the molecule is CCCCCOc1ccc(/C(O)=C2/C(=O)C(=O)N(c3ccc(CCCC)cc3)C2c2ccccn2)cc1. The molecule has 1 atom stereocenters. The molecule has 1 fully saturated rings. The summed E-state index contributed by atoms with van der Waals surface area (Å²) in [6, 6.07) is 19.1. The van der Waals surface area contributed by atoms with Crippen molar-refractivity contribution in [3.8, 4) is 5.75 Å². The molecule has 4 rings (SSSR count). The molecule has 0 saturated carbocycles. The maximum Gasteiger partial charge on any atom is 0.300 e. The minimum absolute atomic E-state index is 0.0235. The average Bonchev–Trinajstić information content (AvgIpc) is 3.20. The van der Waals surface area contributed by atoms with E-state index in [9.17, 15) is 14.7 Å². The lowest BCUT2D eigenvalue weighted by atomic mass is 9.98. The van der Waals surface area contributed by atoms with E-state index in [-0.39, 0.29) is 11.3 Å². The summed E-state index contributed by atoms with van der Waals surface area (Å²) in [7, 11) is 0. The number of carbonyl (C=O) groups excluding carboxylic acids is 2. The molecule has 3 aromatic rings. The first kappa shape index (κ1) is 26.1. The zero-order valence-electron chi connectivity index (χ0n) is 21.5. The Balaban J connectivity index is 1.69. The van der Waals surface area contributed by atoms with E-state index in [0.29, 0.717) is 29.3 Å². The molecule has 37 heavy (non-hydrogen) atoms. The van der Waals surface area contributed by atoms with Crippen LogP contribution in [0.2, 0.25) is 0 Å². The van der Waals surface area contributed by atoms with Crippen LogP contribution in [0.25, 0.3) is 5.76 Å². The number of carbonyl (C=O) groups is 2. The Labute approximate surface area is 218 Å². The van der Waals surface area contributed by atoms with E-state index in [2.05, 4.69) is 18.8 Å². The zero-order chi connectivity index (χ0) is 26.2. The zero-order valence-corrected chi connectivity index (χ0v) is 21.5. The molecule has 2 aromatic carbocycles. The van der Waals surface area contributed by atoms with Crippen molar-refractivity contribution in [3.63, 3.8) is 0 Å². The normalized spacial score (nSPS) is 16.8. The van der Waals surface area contributed by atoms with Crippen LogP contribution >= 0.6 is 0 Å². The third-order valence-corrected chi connectivity index (χ3v) is 6.59. The van der Waals surface area contributed by atoms with E-state index in [1.807, 2.05) is 24.3 Å². The smallest absolute Gasteiger partial charge is 0.300 e. The summed E-state index contributed by atoms with van der Waals surface area (Å²) in [6.45, 7) is 4.91. The molecule has 1 aromatic heterocycles. The molecule has 1 saturated heterocycles. The number of aryl methyl sites for hydroxylation is 1. The van der Waals surface area contributed by atoms with Crippen LogP contribution in [0.15, 0.2) is 78.5 Å². The summed E-state index contributed by atoms with van der Waals surface area (Å²) < 4.78 is 5.77. The van der Waals surface area contributed by atoms with Gasteiger partial charge in [-0.15, -0.1) is 0 Å². The molecular weight excluding hydrogens is 464 g/mol. The average molecular weight is 499 g/mol. The lowest BCUT2D eigenvalue weighted by Crippen LogP contribution is -2.29. The Kier molecular flexibility index (Phi) is 8.72. The molecule has 0 spiro atoms. The molecule has 2 heterocycles. The first-order valence-corrected chi connectivity index (χ1v) is 13.1. The number of ketones is 1. The summed E-state index contributed by atoms with van der Waals surface area (Å²) in [5, 5.41) is 11.3. The van der Waals surface area contributed by atoms with Crippen molar-refractivity contribution in [2.75, 3.05) is 11.5 Å². The maximum atomic E-state index is 13.3. The van der Waals surface area contributed by atoms with Crippen molar-refractivity contribution in [3.05, 3.63) is 95.3 Å². The van der Waals surface area contributed by atoms with E-state index in [0.717, 1.165) is 38.5 Å². The second-order valence-electron chi connectivity index (χ2n) is 9.27. The Hall–Kier alpha value is -3.93. The number of Topliss-reactive ketones (excluding diaryl/α,β-unsaturated/α-hetero) is 1. The minimum atomic E-state index is -0.840. The molecule has 6 heteroatoms. The fourth-order valence-corrected chi connectivity index (χ4v) is 4.53. The van der Waals surface area contributed by atoms with Gasteiger partial charge in [0.05, 0.1) is 17.9 Å². The highest BCUT2D eigenvalue weighted by atomic mass is 16.5. The number of anilines is 1. The Morgan fingerprint density at radius 1 is 0.919 bits per heavy atom. The number of unbranched alkanes of at least 4 members (excludes halogenated alkanes) is 3. The van der Waals surface area contributed by atoms with Gasteiger partial charge in [0.25, 0.3) is 11.7 Å². The van der Waals surface area contributed by atoms with Gasteiger partial charge >= 0.3 is 0 Å².